The number of anilines is 2. The standard InChI is InChI=1S/C23H19BrClN3O2/c1-14-21(23(25)29)22(16-9-17(24)12-26-11-16)28-19-8-7-18(10-20(19)27-14)30-13-15-5-3-2-4-6-15/h2-12,22,27-28H,13H2,1H3. The highest BCUT2D eigenvalue weighted by Gasteiger charge is 2.28. The third kappa shape index (κ3) is 4.50. The van der Waals surface area contributed by atoms with Gasteiger partial charge in [-0.3, -0.25) is 9.78 Å². The molecule has 2 heterocycles. The maximum atomic E-state index is 12.3. The van der Waals surface area contributed by atoms with Gasteiger partial charge in [0.05, 0.1) is 23.0 Å². The zero-order chi connectivity index (χ0) is 21.1. The fourth-order valence-corrected chi connectivity index (χ4v) is 4.03. The Morgan fingerprint density at radius 3 is 2.67 bits per heavy atom. The minimum atomic E-state index is -0.522. The number of benzene rings is 2. The number of ether oxygens (including phenoxy) is 1. The van der Waals surface area contributed by atoms with E-state index in [0.29, 0.717) is 17.9 Å². The van der Waals surface area contributed by atoms with Crippen molar-refractivity contribution in [3.63, 3.8) is 0 Å². The van der Waals surface area contributed by atoms with Crippen LogP contribution >= 0.6 is 27.5 Å². The van der Waals surface area contributed by atoms with Crippen LogP contribution in [-0.2, 0) is 11.4 Å². The Kier molecular flexibility index (Phi) is 6.06. The molecule has 0 radical (unpaired) electrons. The molecule has 2 N–H and O–H groups in total. The fraction of sp³-hybridized carbons (Fsp3) is 0.130. The second-order valence-corrected chi connectivity index (χ2v) is 8.19. The molecule has 0 aliphatic carbocycles. The van der Waals surface area contributed by atoms with E-state index in [-0.39, 0.29) is 0 Å². The number of nitrogens with zero attached hydrogens (tertiary/aromatic N) is 1. The zero-order valence-corrected chi connectivity index (χ0v) is 18.5. The van der Waals surface area contributed by atoms with E-state index in [2.05, 4.69) is 31.5 Å². The predicted octanol–water partition coefficient (Wildman–Crippen LogP) is 6.04. The highest BCUT2D eigenvalue weighted by atomic mass is 79.9. The number of hydrogen-bond donors (Lipinski definition) is 2. The third-order valence-electron chi connectivity index (χ3n) is 4.83. The SMILES string of the molecule is CC1=C(C(=O)Cl)C(c2cncc(Br)c2)Nc2ccc(OCc3ccccc3)cc2N1. The average Bonchev–Trinajstić information content (AvgIpc) is 2.88. The van der Waals surface area contributed by atoms with Crippen molar-refractivity contribution in [2.75, 3.05) is 10.6 Å². The summed E-state index contributed by atoms with van der Waals surface area (Å²) in [5.74, 6) is 0.723. The topological polar surface area (TPSA) is 63.2 Å². The molecule has 0 bridgehead atoms. The lowest BCUT2D eigenvalue weighted by molar-refractivity contribution is -0.108. The van der Waals surface area contributed by atoms with Crippen LogP contribution in [-0.4, -0.2) is 10.2 Å². The third-order valence-corrected chi connectivity index (χ3v) is 5.46. The lowest BCUT2D eigenvalue weighted by atomic mass is 9.99. The van der Waals surface area contributed by atoms with Crippen LogP contribution in [0.1, 0.15) is 24.1 Å². The second-order valence-electron chi connectivity index (χ2n) is 6.93. The molecule has 7 heteroatoms. The molecule has 0 amide bonds. The Morgan fingerprint density at radius 2 is 1.93 bits per heavy atom. The normalized spacial score (nSPS) is 15.5. The van der Waals surface area contributed by atoms with E-state index in [9.17, 15) is 4.79 Å². The molecule has 152 valence electrons. The first-order chi connectivity index (χ1) is 14.5. The molecule has 1 unspecified atom stereocenters. The van der Waals surface area contributed by atoms with Gasteiger partial charge in [-0.1, -0.05) is 30.3 Å². The molecule has 1 atom stereocenters. The van der Waals surface area contributed by atoms with Crippen LogP contribution in [0.4, 0.5) is 11.4 Å². The summed E-state index contributed by atoms with van der Waals surface area (Å²) in [5, 5.41) is 6.21. The van der Waals surface area contributed by atoms with E-state index in [1.165, 1.54) is 0 Å². The largest absolute Gasteiger partial charge is 0.489 e. The van der Waals surface area contributed by atoms with Crippen molar-refractivity contribution < 1.29 is 9.53 Å². The van der Waals surface area contributed by atoms with Gasteiger partial charge in [-0.15, -0.1) is 0 Å². The van der Waals surface area contributed by atoms with Crippen molar-refractivity contribution in [3.05, 3.63) is 93.9 Å². The summed E-state index contributed by atoms with van der Waals surface area (Å²) in [6.07, 6.45) is 3.42. The first-order valence-electron chi connectivity index (χ1n) is 9.36. The van der Waals surface area contributed by atoms with Gasteiger partial charge >= 0.3 is 0 Å². The Hall–Kier alpha value is -2.83. The lowest BCUT2D eigenvalue weighted by Crippen LogP contribution is -2.17. The number of carbonyl (C=O) groups excluding carboxylic acids is 1. The number of carbonyl (C=O) groups is 1. The van der Waals surface area contributed by atoms with Gasteiger partial charge in [-0.2, -0.15) is 0 Å². The molecule has 4 rings (SSSR count). The first kappa shape index (κ1) is 20.4. The molecule has 0 saturated heterocycles. The lowest BCUT2D eigenvalue weighted by Gasteiger charge is -2.20. The minimum absolute atomic E-state index is 0.440. The van der Waals surface area contributed by atoms with E-state index in [1.807, 2.05) is 61.5 Å². The van der Waals surface area contributed by atoms with Crippen molar-refractivity contribution in [1.29, 1.82) is 0 Å². The maximum absolute atomic E-state index is 12.3. The van der Waals surface area contributed by atoms with Crippen LogP contribution < -0.4 is 15.4 Å². The van der Waals surface area contributed by atoms with E-state index in [0.717, 1.165) is 32.7 Å². The van der Waals surface area contributed by atoms with E-state index >= 15 is 0 Å². The summed E-state index contributed by atoms with van der Waals surface area (Å²) < 4.78 is 6.76. The van der Waals surface area contributed by atoms with Gasteiger partial charge in [0.2, 0.25) is 0 Å². The van der Waals surface area contributed by atoms with Crippen molar-refractivity contribution in [1.82, 2.24) is 4.98 Å². The van der Waals surface area contributed by atoms with Gasteiger partial charge in [-0.25, -0.2) is 0 Å². The van der Waals surface area contributed by atoms with Gasteiger partial charge < -0.3 is 15.4 Å². The molecule has 30 heavy (non-hydrogen) atoms. The molecule has 0 saturated carbocycles. The Balaban J connectivity index is 1.66. The Morgan fingerprint density at radius 1 is 1.13 bits per heavy atom. The highest BCUT2D eigenvalue weighted by molar-refractivity contribution is 9.10. The molecule has 3 aromatic rings. The maximum Gasteiger partial charge on any atom is 0.252 e. The number of rotatable bonds is 5. The van der Waals surface area contributed by atoms with Crippen molar-refractivity contribution in [2.24, 2.45) is 0 Å². The van der Waals surface area contributed by atoms with Crippen molar-refractivity contribution in [3.8, 4) is 5.75 Å². The number of hydrogen-bond acceptors (Lipinski definition) is 5. The summed E-state index contributed by atoms with van der Waals surface area (Å²) in [6.45, 7) is 2.31. The summed E-state index contributed by atoms with van der Waals surface area (Å²) >= 11 is 9.41. The number of allylic oxidation sites excluding steroid dienone is 1. The van der Waals surface area contributed by atoms with Crippen LogP contribution in [0.3, 0.4) is 0 Å². The second kappa shape index (κ2) is 8.90. The van der Waals surface area contributed by atoms with Crippen molar-refractivity contribution in [2.45, 2.75) is 19.6 Å². The fourth-order valence-electron chi connectivity index (χ4n) is 3.39. The van der Waals surface area contributed by atoms with E-state index in [1.54, 1.807) is 12.4 Å². The number of pyridine rings is 1. The van der Waals surface area contributed by atoms with E-state index < -0.39 is 11.3 Å². The molecule has 5 nitrogen and oxygen atoms in total. The molecule has 0 fully saturated rings. The number of aromatic nitrogens is 1. The molecular weight excluding hydrogens is 466 g/mol. The summed E-state index contributed by atoms with van der Waals surface area (Å²) in [4.78, 5) is 16.5. The zero-order valence-electron chi connectivity index (χ0n) is 16.2. The Labute approximate surface area is 188 Å². The average molecular weight is 485 g/mol. The quantitative estimate of drug-likeness (QED) is 0.432. The van der Waals surface area contributed by atoms with Gasteiger partial charge in [0.25, 0.3) is 5.24 Å². The van der Waals surface area contributed by atoms with Crippen LogP contribution in [0, 0.1) is 0 Å². The molecule has 2 aromatic carbocycles. The van der Waals surface area contributed by atoms with Gasteiger partial charge in [0, 0.05) is 28.6 Å². The molecule has 0 spiro atoms. The molecular formula is C23H19BrClN3O2. The van der Waals surface area contributed by atoms with Crippen LogP contribution in [0.2, 0.25) is 0 Å². The number of halogens is 2. The molecule has 1 aromatic heterocycles. The predicted molar refractivity (Wildman–Crippen MR) is 123 cm³/mol. The van der Waals surface area contributed by atoms with Gasteiger partial charge in [0.15, 0.2) is 0 Å². The summed E-state index contributed by atoms with van der Waals surface area (Å²) in [6, 6.07) is 17.2. The van der Waals surface area contributed by atoms with E-state index in [4.69, 9.17) is 16.3 Å². The van der Waals surface area contributed by atoms with Crippen molar-refractivity contribution >= 4 is 44.1 Å². The van der Waals surface area contributed by atoms with Crippen LogP contribution in [0.25, 0.3) is 0 Å². The van der Waals surface area contributed by atoms with Crippen LogP contribution in [0.5, 0.6) is 5.75 Å². The van der Waals surface area contributed by atoms with Gasteiger partial charge in [-0.05, 0) is 63.8 Å². The monoisotopic (exact) mass is 483 g/mol. The van der Waals surface area contributed by atoms with Gasteiger partial charge in [0.1, 0.15) is 12.4 Å². The van der Waals surface area contributed by atoms with Crippen LogP contribution in [0.15, 0.2) is 82.7 Å². The highest BCUT2D eigenvalue weighted by Crippen LogP contribution is 2.39. The number of nitrogens with one attached hydrogen (secondary N) is 2. The number of fused-ring (bicyclic) bond motifs is 1. The molecule has 1 aliphatic rings. The Bertz CT molecular complexity index is 1120. The summed E-state index contributed by atoms with van der Waals surface area (Å²) in [7, 11) is 0. The first-order valence-corrected chi connectivity index (χ1v) is 10.5. The molecule has 1 aliphatic heterocycles. The summed E-state index contributed by atoms with van der Waals surface area (Å²) in [5.41, 5.74) is 4.67. The smallest absolute Gasteiger partial charge is 0.252 e. The minimum Gasteiger partial charge on any atom is -0.489 e.